The van der Waals surface area contributed by atoms with Crippen LogP contribution in [-0.2, 0) is 7.05 Å². The van der Waals surface area contributed by atoms with E-state index in [2.05, 4.69) is 11.2 Å². The zero-order chi connectivity index (χ0) is 18.3. The first-order valence-corrected chi connectivity index (χ1v) is 8.25. The van der Waals surface area contributed by atoms with E-state index >= 15 is 0 Å². The summed E-state index contributed by atoms with van der Waals surface area (Å²) < 4.78 is 3.43. The lowest BCUT2D eigenvalue weighted by molar-refractivity contribution is 0.823. The van der Waals surface area contributed by atoms with Crippen LogP contribution in [0.5, 0.6) is 0 Å². The third-order valence-corrected chi connectivity index (χ3v) is 4.56. The molecule has 4 aromatic rings. The number of aryl methyl sites for hydroxylation is 2. The van der Waals surface area contributed by atoms with E-state index in [1.807, 2.05) is 61.0 Å². The minimum Gasteiger partial charge on any atom is -0.328 e. The maximum atomic E-state index is 12.7. The Hall–Kier alpha value is -3.65. The van der Waals surface area contributed by atoms with Gasteiger partial charge in [0.15, 0.2) is 0 Å². The van der Waals surface area contributed by atoms with E-state index < -0.39 is 0 Å². The molecule has 126 valence electrons. The second-order valence-corrected chi connectivity index (χ2v) is 6.18. The molecule has 26 heavy (non-hydrogen) atoms. The van der Waals surface area contributed by atoms with Gasteiger partial charge in [0.05, 0.1) is 23.0 Å². The Balaban J connectivity index is 2.04. The first-order valence-electron chi connectivity index (χ1n) is 8.25. The molecule has 0 saturated heterocycles. The summed E-state index contributed by atoms with van der Waals surface area (Å²) in [6.45, 7) is 1.91. The Morgan fingerprint density at radius 3 is 2.35 bits per heavy atom. The van der Waals surface area contributed by atoms with Crippen LogP contribution in [0, 0.1) is 18.3 Å². The molecule has 0 N–H and O–H groups in total. The molecular formula is C21H16N4O. The van der Waals surface area contributed by atoms with E-state index in [1.165, 1.54) is 4.52 Å². The second-order valence-electron chi connectivity index (χ2n) is 6.18. The average molecular weight is 340 g/mol. The molecule has 0 bridgehead atoms. The number of hydrogen-bond donors (Lipinski definition) is 0. The molecular weight excluding hydrogens is 324 g/mol. The van der Waals surface area contributed by atoms with Gasteiger partial charge in [0.1, 0.15) is 5.65 Å². The van der Waals surface area contributed by atoms with Gasteiger partial charge in [0.25, 0.3) is 5.56 Å². The molecule has 0 aliphatic rings. The lowest BCUT2D eigenvalue weighted by atomic mass is 10.1. The van der Waals surface area contributed by atoms with Crippen LogP contribution in [0.1, 0.15) is 11.3 Å². The van der Waals surface area contributed by atoms with Crippen molar-refractivity contribution < 1.29 is 0 Å². The zero-order valence-electron chi connectivity index (χ0n) is 14.5. The summed E-state index contributed by atoms with van der Waals surface area (Å²) >= 11 is 0. The minimum atomic E-state index is -0.178. The van der Waals surface area contributed by atoms with Gasteiger partial charge in [-0.25, -0.2) is 0 Å². The van der Waals surface area contributed by atoms with Gasteiger partial charge in [-0.3, -0.25) is 4.79 Å². The van der Waals surface area contributed by atoms with Crippen LogP contribution in [0.3, 0.4) is 0 Å². The average Bonchev–Trinajstić information content (AvgIpc) is 3.03. The fourth-order valence-electron chi connectivity index (χ4n) is 3.30. The fraction of sp³-hybridized carbons (Fsp3) is 0.0952. The number of benzene rings is 2. The molecule has 4 rings (SSSR count). The SMILES string of the molecule is Cc1nn2c(=O)cc(-c3ccc(C#N)cc3)n(C)c2c1-c1ccccc1. The summed E-state index contributed by atoms with van der Waals surface area (Å²) in [5.41, 5.74) is 5.59. The standard InChI is InChI=1S/C21H16N4O/c1-14-20(17-6-4-3-5-7-17)21-24(2)18(12-19(26)25(21)23-14)16-10-8-15(13-22)9-11-16/h3-12H,1-2H3. The molecule has 0 radical (unpaired) electrons. The molecule has 0 saturated carbocycles. The van der Waals surface area contributed by atoms with E-state index in [-0.39, 0.29) is 5.56 Å². The van der Waals surface area contributed by atoms with E-state index in [9.17, 15) is 4.79 Å². The van der Waals surface area contributed by atoms with E-state index in [0.717, 1.165) is 33.7 Å². The van der Waals surface area contributed by atoms with Crippen molar-refractivity contribution in [1.29, 1.82) is 5.26 Å². The van der Waals surface area contributed by atoms with Gasteiger partial charge in [-0.05, 0) is 30.2 Å². The molecule has 0 aliphatic carbocycles. The summed E-state index contributed by atoms with van der Waals surface area (Å²) in [6, 6.07) is 20.9. The van der Waals surface area contributed by atoms with Crippen molar-refractivity contribution in [3.8, 4) is 28.5 Å². The van der Waals surface area contributed by atoms with E-state index in [1.54, 1.807) is 18.2 Å². The van der Waals surface area contributed by atoms with Gasteiger partial charge in [-0.15, -0.1) is 0 Å². The summed E-state index contributed by atoms with van der Waals surface area (Å²) in [6.07, 6.45) is 0. The fourth-order valence-corrected chi connectivity index (χ4v) is 3.30. The summed E-state index contributed by atoms with van der Waals surface area (Å²) in [7, 11) is 1.93. The topological polar surface area (TPSA) is 63.1 Å². The molecule has 0 fully saturated rings. The van der Waals surface area contributed by atoms with Crippen LogP contribution in [0.4, 0.5) is 0 Å². The summed E-state index contributed by atoms with van der Waals surface area (Å²) in [4.78, 5) is 12.7. The molecule has 2 heterocycles. The highest BCUT2D eigenvalue weighted by atomic mass is 16.1. The molecule has 2 aromatic carbocycles. The van der Waals surface area contributed by atoms with Crippen molar-refractivity contribution in [3.63, 3.8) is 0 Å². The Bertz CT molecular complexity index is 1210. The molecule has 5 heteroatoms. The van der Waals surface area contributed by atoms with E-state index in [4.69, 9.17) is 5.26 Å². The third-order valence-electron chi connectivity index (χ3n) is 4.56. The third kappa shape index (κ3) is 2.40. The number of rotatable bonds is 2. The lowest BCUT2D eigenvalue weighted by Crippen LogP contribution is -2.18. The predicted octanol–water partition coefficient (Wildman–Crippen LogP) is 3.55. The number of aromatic nitrogens is 3. The van der Waals surface area contributed by atoms with Crippen LogP contribution in [-0.4, -0.2) is 14.2 Å². The molecule has 2 aromatic heterocycles. The Morgan fingerprint density at radius 2 is 1.69 bits per heavy atom. The predicted molar refractivity (Wildman–Crippen MR) is 101 cm³/mol. The number of fused-ring (bicyclic) bond motifs is 1. The van der Waals surface area contributed by atoms with Crippen LogP contribution >= 0.6 is 0 Å². The van der Waals surface area contributed by atoms with Crippen molar-refractivity contribution in [3.05, 3.63) is 82.3 Å². The van der Waals surface area contributed by atoms with E-state index in [0.29, 0.717) is 5.56 Å². The highest BCUT2D eigenvalue weighted by Gasteiger charge is 2.17. The van der Waals surface area contributed by atoms with Crippen LogP contribution in [0.15, 0.2) is 65.5 Å². The zero-order valence-corrected chi connectivity index (χ0v) is 14.5. The molecule has 0 spiro atoms. The second kappa shape index (κ2) is 6.01. The maximum absolute atomic E-state index is 12.7. The van der Waals surface area contributed by atoms with Crippen molar-refractivity contribution in [2.75, 3.05) is 0 Å². The van der Waals surface area contributed by atoms with Crippen molar-refractivity contribution >= 4 is 5.65 Å². The first kappa shape index (κ1) is 15.9. The molecule has 5 nitrogen and oxygen atoms in total. The van der Waals surface area contributed by atoms with Gasteiger partial charge in [0, 0.05) is 18.7 Å². The van der Waals surface area contributed by atoms with Crippen molar-refractivity contribution in [2.24, 2.45) is 7.05 Å². The Labute approximate surface area is 150 Å². The molecule has 0 aliphatic heterocycles. The van der Waals surface area contributed by atoms with Crippen LogP contribution < -0.4 is 5.56 Å². The van der Waals surface area contributed by atoms with Gasteiger partial charge in [-0.1, -0.05) is 42.5 Å². The van der Waals surface area contributed by atoms with Crippen LogP contribution in [0.25, 0.3) is 28.0 Å². The van der Waals surface area contributed by atoms with Gasteiger partial charge >= 0.3 is 0 Å². The van der Waals surface area contributed by atoms with Gasteiger partial charge in [0.2, 0.25) is 0 Å². The largest absolute Gasteiger partial charge is 0.328 e. The Kier molecular flexibility index (Phi) is 3.67. The van der Waals surface area contributed by atoms with Crippen molar-refractivity contribution in [2.45, 2.75) is 6.92 Å². The first-order chi connectivity index (χ1) is 12.6. The monoisotopic (exact) mass is 340 g/mol. The maximum Gasteiger partial charge on any atom is 0.274 e. The summed E-state index contributed by atoms with van der Waals surface area (Å²) in [5.74, 6) is 0. The van der Waals surface area contributed by atoms with Crippen molar-refractivity contribution in [1.82, 2.24) is 14.2 Å². The lowest BCUT2D eigenvalue weighted by Gasteiger charge is -2.12. The normalized spacial score (nSPS) is 10.8. The quantitative estimate of drug-likeness (QED) is 0.560. The molecule has 0 unspecified atom stereocenters. The Morgan fingerprint density at radius 1 is 1.00 bits per heavy atom. The number of nitrogens with zero attached hydrogens (tertiary/aromatic N) is 4. The minimum absolute atomic E-state index is 0.178. The highest BCUT2D eigenvalue weighted by molar-refractivity contribution is 5.81. The smallest absolute Gasteiger partial charge is 0.274 e. The highest BCUT2D eigenvalue weighted by Crippen LogP contribution is 2.29. The number of hydrogen-bond acceptors (Lipinski definition) is 3. The molecule has 0 amide bonds. The number of nitriles is 1. The molecule has 0 atom stereocenters. The van der Waals surface area contributed by atoms with Crippen LogP contribution in [0.2, 0.25) is 0 Å². The summed E-state index contributed by atoms with van der Waals surface area (Å²) in [5, 5.41) is 13.4. The van der Waals surface area contributed by atoms with Gasteiger partial charge in [-0.2, -0.15) is 14.9 Å². The van der Waals surface area contributed by atoms with Gasteiger partial charge < -0.3 is 4.57 Å².